The molecule has 25 heavy (non-hydrogen) atoms. The molecule has 0 aromatic heterocycles. The van der Waals surface area contributed by atoms with Gasteiger partial charge in [-0.25, -0.2) is 9.18 Å². The number of carbonyl (C=O) groups is 1. The number of esters is 1. The number of benzene rings is 2. The van der Waals surface area contributed by atoms with E-state index in [0.29, 0.717) is 11.5 Å². The molecule has 2 aromatic carbocycles. The average molecular weight is 350 g/mol. The maximum atomic E-state index is 13.4. The summed E-state index contributed by atoms with van der Waals surface area (Å²) in [6.45, 7) is -0.0348. The Hall–Kier alpha value is -2.96. The van der Waals surface area contributed by atoms with Crippen LogP contribution in [0.15, 0.2) is 36.4 Å². The van der Waals surface area contributed by atoms with E-state index >= 15 is 0 Å². The predicted molar refractivity (Wildman–Crippen MR) is 88.3 cm³/mol. The van der Waals surface area contributed by atoms with Gasteiger partial charge in [0.05, 0.1) is 21.3 Å². The van der Waals surface area contributed by atoms with Gasteiger partial charge in [0.25, 0.3) is 0 Å². The first-order chi connectivity index (χ1) is 12.1. The largest absolute Gasteiger partial charge is 0.493 e. The van der Waals surface area contributed by atoms with Crippen molar-refractivity contribution in [2.45, 2.75) is 0 Å². The lowest BCUT2D eigenvalue weighted by Gasteiger charge is -2.15. The van der Waals surface area contributed by atoms with E-state index in [-0.39, 0.29) is 30.3 Å². The smallest absolute Gasteiger partial charge is 0.342 e. The number of para-hydroxylation sites is 1. The lowest BCUT2D eigenvalue weighted by Crippen LogP contribution is -2.14. The highest BCUT2D eigenvalue weighted by Crippen LogP contribution is 2.39. The maximum Gasteiger partial charge on any atom is 0.342 e. The summed E-state index contributed by atoms with van der Waals surface area (Å²) in [7, 11) is 4.34. The Bertz CT molecular complexity index is 732. The number of hydrogen-bond donors (Lipinski definition) is 0. The Morgan fingerprint density at radius 1 is 0.880 bits per heavy atom. The Morgan fingerprint density at radius 2 is 1.60 bits per heavy atom. The van der Waals surface area contributed by atoms with Gasteiger partial charge in [-0.15, -0.1) is 0 Å². The third-order valence-corrected chi connectivity index (χ3v) is 3.33. The van der Waals surface area contributed by atoms with Gasteiger partial charge in [0.2, 0.25) is 5.75 Å². The molecule has 0 atom stereocenters. The standard InChI is InChI=1S/C18H19FO6/c1-21-15-9-8-12(16(22-2)17(15)23-3)18(20)25-11-10-24-14-7-5-4-6-13(14)19/h4-9H,10-11H2,1-3H3. The van der Waals surface area contributed by atoms with Crippen LogP contribution < -0.4 is 18.9 Å². The molecule has 134 valence electrons. The van der Waals surface area contributed by atoms with Crippen LogP contribution in [0.4, 0.5) is 4.39 Å². The van der Waals surface area contributed by atoms with E-state index in [9.17, 15) is 9.18 Å². The van der Waals surface area contributed by atoms with Gasteiger partial charge >= 0.3 is 5.97 Å². The molecule has 0 aliphatic carbocycles. The summed E-state index contributed by atoms with van der Waals surface area (Å²) in [6, 6.07) is 9.09. The fourth-order valence-electron chi connectivity index (χ4n) is 2.19. The van der Waals surface area contributed by atoms with Gasteiger partial charge in [-0.1, -0.05) is 12.1 Å². The molecule has 7 heteroatoms. The number of halogens is 1. The second kappa shape index (κ2) is 8.77. The maximum absolute atomic E-state index is 13.4. The van der Waals surface area contributed by atoms with E-state index in [1.807, 2.05) is 0 Å². The van der Waals surface area contributed by atoms with Crippen LogP contribution in [0.5, 0.6) is 23.0 Å². The molecule has 0 saturated carbocycles. The zero-order chi connectivity index (χ0) is 18.2. The van der Waals surface area contributed by atoms with Gasteiger partial charge in [-0.05, 0) is 24.3 Å². The van der Waals surface area contributed by atoms with Gasteiger partial charge in [-0.2, -0.15) is 0 Å². The molecule has 0 unspecified atom stereocenters. The monoisotopic (exact) mass is 350 g/mol. The fraction of sp³-hybridized carbons (Fsp3) is 0.278. The summed E-state index contributed by atoms with van der Waals surface area (Å²) < 4.78 is 39.4. The zero-order valence-corrected chi connectivity index (χ0v) is 14.2. The van der Waals surface area contributed by atoms with E-state index < -0.39 is 11.8 Å². The van der Waals surface area contributed by atoms with Crippen LogP contribution in [0.2, 0.25) is 0 Å². The summed E-state index contributed by atoms with van der Waals surface area (Å²) >= 11 is 0. The molecule has 0 amide bonds. The lowest BCUT2D eigenvalue weighted by molar-refractivity contribution is 0.0444. The van der Waals surface area contributed by atoms with Gasteiger partial charge in [0.1, 0.15) is 18.8 Å². The van der Waals surface area contributed by atoms with Crippen molar-refractivity contribution in [3.63, 3.8) is 0 Å². The Kier molecular flexibility index (Phi) is 6.45. The van der Waals surface area contributed by atoms with Gasteiger partial charge in [0, 0.05) is 0 Å². The van der Waals surface area contributed by atoms with Crippen molar-refractivity contribution in [2.75, 3.05) is 34.5 Å². The number of ether oxygens (including phenoxy) is 5. The Morgan fingerprint density at radius 3 is 2.24 bits per heavy atom. The van der Waals surface area contributed by atoms with Crippen LogP contribution in [0.3, 0.4) is 0 Å². The minimum atomic E-state index is -0.616. The van der Waals surface area contributed by atoms with E-state index in [4.69, 9.17) is 23.7 Å². The highest BCUT2D eigenvalue weighted by atomic mass is 19.1. The van der Waals surface area contributed by atoms with Crippen LogP contribution in [-0.4, -0.2) is 40.5 Å². The molecule has 2 rings (SSSR count). The summed E-state index contributed by atoms with van der Waals surface area (Å²) in [5.74, 6) is -0.0599. The average Bonchev–Trinajstić information content (AvgIpc) is 2.64. The minimum absolute atomic E-state index is 0.0161. The van der Waals surface area contributed by atoms with Crippen molar-refractivity contribution in [2.24, 2.45) is 0 Å². The van der Waals surface area contributed by atoms with Gasteiger partial charge in [-0.3, -0.25) is 0 Å². The normalized spacial score (nSPS) is 10.1. The molecule has 0 fully saturated rings. The predicted octanol–water partition coefficient (Wildman–Crippen LogP) is 3.09. The van der Waals surface area contributed by atoms with Crippen molar-refractivity contribution in [3.05, 3.63) is 47.8 Å². The minimum Gasteiger partial charge on any atom is -0.493 e. The topological polar surface area (TPSA) is 63.2 Å². The molecule has 0 bridgehead atoms. The fourth-order valence-corrected chi connectivity index (χ4v) is 2.19. The number of carbonyl (C=O) groups excluding carboxylic acids is 1. The summed E-state index contributed by atoms with van der Waals surface area (Å²) in [6.07, 6.45) is 0. The third kappa shape index (κ3) is 4.32. The SMILES string of the molecule is COc1ccc(C(=O)OCCOc2ccccc2F)c(OC)c1OC. The van der Waals surface area contributed by atoms with Crippen molar-refractivity contribution in [3.8, 4) is 23.0 Å². The third-order valence-electron chi connectivity index (χ3n) is 3.33. The Balaban J connectivity index is 2.00. The number of rotatable bonds is 8. The molecular weight excluding hydrogens is 331 g/mol. The van der Waals surface area contributed by atoms with Crippen LogP contribution in [0, 0.1) is 5.82 Å². The highest BCUT2D eigenvalue weighted by Gasteiger charge is 2.21. The summed E-state index contributed by atoms with van der Waals surface area (Å²) in [4.78, 5) is 12.2. The zero-order valence-electron chi connectivity index (χ0n) is 14.2. The Labute approximate surface area is 145 Å². The van der Waals surface area contributed by atoms with Crippen molar-refractivity contribution < 1.29 is 32.9 Å². The van der Waals surface area contributed by atoms with Gasteiger partial charge in [0.15, 0.2) is 23.1 Å². The van der Waals surface area contributed by atoms with Crippen LogP contribution in [-0.2, 0) is 4.74 Å². The second-order valence-corrected chi connectivity index (χ2v) is 4.80. The van der Waals surface area contributed by atoms with E-state index in [0.717, 1.165) is 0 Å². The van der Waals surface area contributed by atoms with Crippen molar-refractivity contribution >= 4 is 5.97 Å². The molecular formula is C18H19FO6. The number of methoxy groups -OCH3 is 3. The van der Waals surface area contributed by atoms with E-state index in [1.54, 1.807) is 18.2 Å². The molecule has 0 aliphatic heterocycles. The molecule has 0 aliphatic rings. The van der Waals surface area contributed by atoms with E-state index in [2.05, 4.69) is 0 Å². The molecule has 0 heterocycles. The van der Waals surface area contributed by atoms with Crippen LogP contribution >= 0.6 is 0 Å². The molecule has 0 saturated heterocycles. The van der Waals surface area contributed by atoms with Crippen molar-refractivity contribution in [1.82, 2.24) is 0 Å². The second-order valence-electron chi connectivity index (χ2n) is 4.80. The first-order valence-electron chi connectivity index (χ1n) is 7.45. The lowest BCUT2D eigenvalue weighted by atomic mass is 10.1. The molecule has 2 aromatic rings. The van der Waals surface area contributed by atoms with Crippen molar-refractivity contribution in [1.29, 1.82) is 0 Å². The van der Waals surface area contributed by atoms with Gasteiger partial charge < -0.3 is 23.7 Å². The van der Waals surface area contributed by atoms with Crippen LogP contribution in [0.25, 0.3) is 0 Å². The summed E-state index contributed by atoms with van der Waals surface area (Å²) in [5.41, 5.74) is 0.186. The number of hydrogen-bond acceptors (Lipinski definition) is 6. The van der Waals surface area contributed by atoms with E-state index in [1.165, 1.54) is 39.5 Å². The first kappa shape index (κ1) is 18.4. The van der Waals surface area contributed by atoms with Crippen LogP contribution in [0.1, 0.15) is 10.4 Å². The first-order valence-corrected chi connectivity index (χ1v) is 7.45. The highest BCUT2D eigenvalue weighted by molar-refractivity contribution is 5.94. The molecule has 0 spiro atoms. The molecule has 0 radical (unpaired) electrons. The summed E-state index contributed by atoms with van der Waals surface area (Å²) in [5, 5.41) is 0. The quantitative estimate of drug-likeness (QED) is 0.539. The molecule has 6 nitrogen and oxygen atoms in total. The molecule has 0 N–H and O–H groups in total.